The van der Waals surface area contributed by atoms with E-state index in [1.807, 2.05) is 18.7 Å². The van der Waals surface area contributed by atoms with Gasteiger partial charge in [-0.2, -0.15) is 0 Å². The van der Waals surface area contributed by atoms with Gasteiger partial charge in [0.2, 0.25) is 0 Å². The van der Waals surface area contributed by atoms with Crippen molar-refractivity contribution in [2.45, 2.75) is 38.8 Å². The van der Waals surface area contributed by atoms with Crippen LogP contribution >= 0.6 is 15.9 Å². The summed E-state index contributed by atoms with van der Waals surface area (Å²) in [6.45, 7) is 4.91. The lowest BCUT2D eigenvalue weighted by Gasteiger charge is -2.40. The van der Waals surface area contributed by atoms with Gasteiger partial charge < -0.3 is 20.4 Å². The molecule has 1 aliphatic rings. The largest absolute Gasteiger partial charge is 0.465 e. The van der Waals surface area contributed by atoms with Crippen molar-refractivity contribution in [2.24, 2.45) is 0 Å². The number of aliphatic hydroxyl groups excluding tert-OH is 1. The summed E-state index contributed by atoms with van der Waals surface area (Å²) in [5.41, 5.74) is 0.876. The zero-order valence-electron chi connectivity index (χ0n) is 12.1. The number of hydrogen-bond donors (Lipinski definition) is 3. The second-order valence-electron chi connectivity index (χ2n) is 5.51. The van der Waals surface area contributed by atoms with Gasteiger partial charge in [-0.25, -0.2) is 14.8 Å². The number of aliphatic hydroxyl groups is 1. The van der Waals surface area contributed by atoms with E-state index < -0.39 is 11.6 Å². The summed E-state index contributed by atoms with van der Waals surface area (Å²) in [6.07, 6.45) is 0.364. The highest BCUT2D eigenvalue weighted by Crippen LogP contribution is 2.28. The van der Waals surface area contributed by atoms with Gasteiger partial charge in [0, 0.05) is 18.6 Å². The van der Waals surface area contributed by atoms with E-state index in [1.54, 1.807) is 0 Å². The van der Waals surface area contributed by atoms with Crippen LogP contribution in [0.25, 0.3) is 0 Å². The zero-order valence-corrected chi connectivity index (χ0v) is 13.6. The summed E-state index contributed by atoms with van der Waals surface area (Å²) < 4.78 is 0.629. The van der Waals surface area contributed by atoms with Crippen LogP contribution in [0, 0.1) is 6.92 Å². The van der Waals surface area contributed by atoms with Crippen LogP contribution in [0.2, 0.25) is 0 Å². The van der Waals surface area contributed by atoms with Gasteiger partial charge in [0.25, 0.3) is 0 Å². The molecule has 0 atom stereocenters. The highest BCUT2D eigenvalue weighted by molar-refractivity contribution is 9.10. The summed E-state index contributed by atoms with van der Waals surface area (Å²) in [5, 5.41) is 20.9. The normalized spacial score (nSPS) is 17.6. The van der Waals surface area contributed by atoms with Crippen LogP contribution in [-0.4, -0.2) is 44.9 Å². The molecule has 1 saturated heterocycles. The van der Waals surface area contributed by atoms with Gasteiger partial charge in [0.15, 0.2) is 5.82 Å². The van der Waals surface area contributed by atoms with Crippen molar-refractivity contribution in [1.29, 1.82) is 0 Å². The molecule has 116 valence electrons. The summed E-state index contributed by atoms with van der Waals surface area (Å²) in [7, 11) is 0. The third-order valence-corrected chi connectivity index (χ3v) is 4.54. The Hall–Kier alpha value is -1.41. The van der Waals surface area contributed by atoms with E-state index in [0.717, 1.165) is 5.69 Å². The van der Waals surface area contributed by atoms with E-state index in [0.29, 0.717) is 42.0 Å². The van der Waals surface area contributed by atoms with Crippen LogP contribution < -0.4 is 10.2 Å². The zero-order chi connectivity index (χ0) is 15.6. The fraction of sp³-hybridized carbons (Fsp3) is 0.615. The summed E-state index contributed by atoms with van der Waals surface area (Å²) in [6, 6.07) is 0. The molecule has 1 aromatic rings. The molecule has 3 N–H and O–H groups in total. The summed E-state index contributed by atoms with van der Waals surface area (Å²) in [5.74, 6) is 0.676. The average molecular weight is 359 g/mol. The quantitative estimate of drug-likeness (QED) is 0.759. The Morgan fingerprint density at radius 2 is 2.05 bits per heavy atom. The van der Waals surface area contributed by atoms with Gasteiger partial charge in [-0.3, -0.25) is 0 Å². The van der Waals surface area contributed by atoms with Crippen molar-refractivity contribution in [3.63, 3.8) is 0 Å². The van der Waals surface area contributed by atoms with Crippen molar-refractivity contribution in [1.82, 2.24) is 15.3 Å². The van der Waals surface area contributed by atoms with Crippen LogP contribution in [0.4, 0.5) is 10.6 Å². The van der Waals surface area contributed by atoms with Gasteiger partial charge in [-0.05, 0) is 42.6 Å². The third kappa shape index (κ3) is 3.62. The maximum Gasteiger partial charge on any atom is 0.405 e. The van der Waals surface area contributed by atoms with Crippen LogP contribution in [-0.2, 0) is 6.61 Å². The molecule has 0 saturated carbocycles. The van der Waals surface area contributed by atoms with Gasteiger partial charge in [-0.1, -0.05) is 0 Å². The number of nitrogens with zero attached hydrogens (tertiary/aromatic N) is 3. The number of amides is 1. The molecule has 1 aromatic heterocycles. The van der Waals surface area contributed by atoms with Crippen LogP contribution in [0.1, 0.15) is 31.2 Å². The molecule has 0 unspecified atom stereocenters. The first-order chi connectivity index (χ1) is 9.84. The number of anilines is 1. The molecule has 0 radical (unpaired) electrons. The molecule has 21 heavy (non-hydrogen) atoms. The Kier molecular flexibility index (Phi) is 4.67. The highest BCUT2D eigenvalue weighted by atomic mass is 79.9. The van der Waals surface area contributed by atoms with E-state index in [4.69, 9.17) is 5.11 Å². The summed E-state index contributed by atoms with van der Waals surface area (Å²) in [4.78, 5) is 21.7. The fourth-order valence-corrected chi connectivity index (χ4v) is 2.78. The lowest BCUT2D eigenvalue weighted by Crippen LogP contribution is -2.53. The van der Waals surface area contributed by atoms with Gasteiger partial charge >= 0.3 is 6.09 Å². The van der Waals surface area contributed by atoms with Crippen LogP contribution in [0.15, 0.2) is 4.60 Å². The van der Waals surface area contributed by atoms with Crippen molar-refractivity contribution in [3.05, 3.63) is 16.0 Å². The number of carbonyl (C=O) groups is 1. The van der Waals surface area contributed by atoms with Crippen molar-refractivity contribution < 1.29 is 15.0 Å². The van der Waals surface area contributed by atoms with E-state index in [9.17, 15) is 9.90 Å². The fourth-order valence-electron chi connectivity index (χ4n) is 2.47. The standard InChI is InChI=1S/C13H19BrN4O3/c1-8-10(14)16-9(7-19)11(15-8)18-5-3-13(2,4-6-18)17-12(20)21/h17,19H,3-7H2,1-2H3,(H,20,21). The second kappa shape index (κ2) is 6.15. The Bertz CT molecular complexity index is 544. The maximum atomic E-state index is 10.8. The predicted octanol–water partition coefficient (Wildman–Crippen LogP) is 1.67. The molecule has 0 spiro atoms. The number of aromatic nitrogens is 2. The molecular weight excluding hydrogens is 340 g/mol. The number of nitrogens with one attached hydrogen (secondary N) is 1. The second-order valence-corrected chi connectivity index (χ2v) is 6.26. The monoisotopic (exact) mass is 358 g/mol. The maximum absolute atomic E-state index is 10.8. The lowest BCUT2D eigenvalue weighted by molar-refractivity contribution is 0.173. The molecule has 2 rings (SSSR count). The molecule has 8 heteroatoms. The Morgan fingerprint density at radius 3 is 2.57 bits per heavy atom. The molecule has 1 aliphatic heterocycles. The Morgan fingerprint density at radius 1 is 1.43 bits per heavy atom. The average Bonchev–Trinajstić information content (AvgIpc) is 2.41. The highest BCUT2D eigenvalue weighted by Gasteiger charge is 2.32. The number of piperidine rings is 1. The van der Waals surface area contributed by atoms with E-state index in [2.05, 4.69) is 31.2 Å². The number of rotatable bonds is 3. The Balaban J connectivity index is 2.15. The first-order valence-corrected chi connectivity index (χ1v) is 7.54. The van der Waals surface area contributed by atoms with Crippen LogP contribution in [0.3, 0.4) is 0 Å². The van der Waals surface area contributed by atoms with Gasteiger partial charge in [0.05, 0.1) is 12.3 Å². The van der Waals surface area contributed by atoms with Crippen molar-refractivity contribution in [3.8, 4) is 0 Å². The Labute approximate surface area is 131 Å². The van der Waals surface area contributed by atoms with Gasteiger partial charge in [-0.15, -0.1) is 0 Å². The molecule has 0 aliphatic carbocycles. The SMILES string of the molecule is Cc1nc(N2CCC(C)(NC(=O)O)CC2)c(CO)nc1Br. The molecule has 7 nitrogen and oxygen atoms in total. The van der Waals surface area contributed by atoms with Crippen molar-refractivity contribution >= 4 is 27.8 Å². The number of aryl methyl sites for hydroxylation is 1. The lowest BCUT2D eigenvalue weighted by atomic mass is 9.90. The predicted molar refractivity (Wildman–Crippen MR) is 81.4 cm³/mol. The minimum atomic E-state index is -0.999. The smallest absolute Gasteiger partial charge is 0.405 e. The molecule has 0 aromatic carbocycles. The number of carboxylic acid groups (broad SMARTS) is 1. The van der Waals surface area contributed by atoms with E-state index in [1.165, 1.54) is 0 Å². The summed E-state index contributed by atoms with van der Waals surface area (Å²) >= 11 is 3.31. The molecular formula is C13H19BrN4O3. The van der Waals surface area contributed by atoms with Gasteiger partial charge in [0.1, 0.15) is 10.3 Å². The number of hydrogen-bond acceptors (Lipinski definition) is 5. The van der Waals surface area contributed by atoms with E-state index >= 15 is 0 Å². The minimum absolute atomic E-state index is 0.178. The van der Waals surface area contributed by atoms with Crippen LogP contribution in [0.5, 0.6) is 0 Å². The topological polar surface area (TPSA) is 98.6 Å². The molecule has 0 bridgehead atoms. The van der Waals surface area contributed by atoms with Crippen molar-refractivity contribution in [2.75, 3.05) is 18.0 Å². The minimum Gasteiger partial charge on any atom is -0.465 e. The first kappa shape index (κ1) is 16.0. The molecule has 1 amide bonds. The molecule has 2 heterocycles. The first-order valence-electron chi connectivity index (χ1n) is 6.74. The van der Waals surface area contributed by atoms with E-state index in [-0.39, 0.29) is 6.61 Å². The molecule has 1 fully saturated rings. The number of halogens is 1. The third-order valence-electron chi connectivity index (χ3n) is 3.79.